The van der Waals surface area contributed by atoms with Crippen molar-refractivity contribution < 1.29 is 61.6 Å². The fourth-order valence-corrected chi connectivity index (χ4v) is 12.9. The number of piperazine rings is 1. The highest BCUT2D eigenvalue weighted by Crippen LogP contribution is 2.43. The van der Waals surface area contributed by atoms with Crippen molar-refractivity contribution in [3.63, 3.8) is 0 Å². The van der Waals surface area contributed by atoms with Crippen molar-refractivity contribution in [1.82, 2.24) is 40.1 Å². The Morgan fingerprint density at radius 3 is 2.35 bits per heavy atom. The largest absolute Gasteiger partial charge is 0.508 e. The number of carbonyl (C=O) groups excluding carboxylic acids is 4. The van der Waals surface area contributed by atoms with Crippen LogP contribution < -0.4 is 25.0 Å². The maximum Gasteiger partial charge on any atom is 0.254 e. The molecule has 10 rings (SSSR count). The molecular weight excluding hydrogens is 1270 g/mol. The number of methoxy groups -OCH3 is 1. The van der Waals surface area contributed by atoms with Crippen molar-refractivity contribution in [1.29, 1.82) is 0 Å². The van der Waals surface area contributed by atoms with Gasteiger partial charge in [-0.1, -0.05) is 85.8 Å². The van der Waals surface area contributed by atoms with Gasteiger partial charge in [-0.3, -0.25) is 19.2 Å². The maximum atomic E-state index is 17.1. The minimum atomic E-state index is -0.684. The van der Waals surface area contributed by atoms with E-state index in [-0.39, 0.29) is 103 Å². The molecule has 506 valence electrons. The van der Waals surface area contributed by atoms with Crippen LogP contribution in [0.2, 0.25) is 5.02 Å². The number of carbonyl (C=O) groups is 4. The Balaban J connectivity index is 0.591. The number of halogens is 2. The Morgan fingerprint density at radius 1 is 0.875 bits per heavy atom. The molecule has 2 atom stereocenters. The van der Waals surface area contributed by atoms with Crippen molar-refractivity contribution in [2.24, 2.45) is 5.92 Å². The Kier molecular flexibility index (Phi) is 24.5. The highest BCUT2D eigenvalue weighted by Gasteiger charge is 2.40. The average molecular weight is 1350 g/mol. The van der Waals surface area contributed by atoms with Gasteiger partial charge in [0.1, 0.15) is 48.0 Å². The van der Waals surface area contributed by atoms with Gasteiger partial charge in [0, 0.05) is 101 Å². The molecule has 0 radical (unpaired) electrons. The number of likely N-dealkylation sites (tertiary alicyclic amines) is 1. The lowest BCUT2D eigenvalue weighted by Crippen LogP contribution is -2.48. The standard InChI is InChI=1S/C71H80ClFN10O12S/c1-45(2)63(70(88)83-22-10-17-58(83)69(87)75-42-52-19-18-51(38-59(52)89-6)67-46(3)76-44-96-67)60-41-61(79-95-60)94-35-34-93-33-32-92-31-30-91-29-28-90-27-11-14-48-12-9-13-49(36-48)43-80(5)62(86)20-21-74-71-77-66-56(68(78-71)82-25-23-81(24-26-82)47(4)84)40-57(72)64(65(66)73)55-39-53(85)37-50-15-7-8-16-54(50)55/h7-9,12-13,15-16,18-19,36-41,44-45,58,63,85H,10,17,20-35,42-43H2,1-6H3,(H,75,87)(H,74,77,78)/t58-,63?/m0/s1. The third-order valence-electron chi connectivity index (χ3n) is 16.7. The third-order valence-corrected chi connectivity index (χ3v) is 18.0. The summed E-state index contributed by atoms with van der Waals surface area (Å²) in [6, 6.07) is 26.6. The van der Waals surface area contributed by atoms with Crippen LogP contribution in [0.1, 0.15) is 74.1 Å². The van der Waals surface area contributed by atoms with Gasteiger partial charge in [-0.2, -0.15) is 4.98 Å². The van der Waals surface area contributed by atoms with E-state index in [9.17, 15) is 24.3 Å². The van der Waals surface area contributed by atoms with E-state index in [0.29, 0.717) is 131 Å². The molecule has 0 bridgehead atoms. The number of nitrogens with zero attached hydrogens (tertiary/aromatic N) is 8. The second-order valence-electron chi connectivity index (χ2n) is 23.7. The first-order valence-corrected chi connectivity index (χ1v) is 33.3. The van der Waals surface area contributed by atoms with E-state index in [1.165, 1.54) is 13.0 Å². The molecule has 3 N–H and O–H groups in total. The Hall–Kier alpha value is -8.96. The molecule has 3 aromatic heterocycles. The van der Waals surface area contributed by atoms with Crippen LogP contribution in [0, 0.1) is 30.5 Å². The van der Waals surface area contributed by atoms with E-state index in [2.05, 4.69) is 37.6 Å². The molecule has 22 nitrogen and oxygen atoms in total. The maximum absolute atomic E-state index is 17.1. The van der Waals surface area contributed by atoms with Crippen molar-refractivity contribution >= 4 is 80.0 Å². The summed E-state index contributed by atoms with van der Waals surface area (Å²) < 4.78 is 56.8. The molecule has 96 heavy (non-hydrogen) atoms. The van der Waals surface area contributed by atoms with Crippen LogP contribution in [0.4, 0.5) is 16.2 Å². The average Bonchev–Trinajstić information content (AvgIpc) is 0.931. The second kappa shape index (κ2) is 33.6. The number of amides is 4. The molecule has 5 heterocycles. The number of rotatable bonds is 30. The highest BCUT2D eigenvalue weighted by molar-refractivity contribution is 7.13. The van der Waals surface area contributed by atoms with E-state index in [1.54, 1.807) is 58.4 Å². The van der Waals surface area contributed by atoms with E-state index in [1.807, 2.05) is 97.9 Å². The molecule has 8 aromatic rings. The molecule has 5 aromatic carbocycles. The van der Waals surface area contributed by atoms with E-state index >= 15 is 4.39 Å². The summed E-state index contributed by atoms with van der Waals surface area (Å²) in [6.45, 7) is 13.2. The lowest BCUT2D eigenvalue weighted by molar-refractivity contribution is -0.140. The quantitative estimate of drug-likeness (QED) is 0.0280. The van der Waals surface area contributed by atoms with Gasteiger partial charge in [-0.05, 0) is 94.7 Å². The van der Waals surface area contributed by atoms with Crippen LogP contribution in [-0.4, -0.2) is 182 Å². The molecule has 2 saturated heterocycles. The number of aryl methyl sites for hydroxylation is 1. The Morgan fingerprint density at radius 2 is 1.62 bits per heavy atom. The summed E-state index contributed by atoms with van der Waals surface area (Å²) in [5, 5.41) is 22.8. The molecule has 0 aliphatic carbocycles. The topological polar surface area (TPSA) is 246 Å². The summed E-state index contributed by atoms with van der Waals surface area (Å²) in [7, 11) is 3.33. The van der Waals surface area contributed by atoms with Crippen LogP contribution in [0.3, 0.4) is 0 Å². The number of ether oxygens (including phenoxy) is 6. The zero-order valence-corrected chi connectivity index (χ0v) is 56.4. The summed E-state index contributed by atoms with van der Waals surface area (Å²) in [5.74, 6) is 5.86. The first-order valence-electron chi connectivity index (χ1n) is 32.1. The summed E-state index contributed by atoms with van der Waals surface area (Å²) in [6.07, 6.45) is 1.35. The van der Waals surface area contributed by atoms with Gasteiger partial charge in [0.15, 0.2) is 11.6 Å². The molecular formula is C71H80ClFN10O12S. The van der Waals surface area contributed by atoms with Crippen molar-refractivity contribution in [3.05, 3.63) is 135 Å². The lowest BCUT2D eigenvalue weighted by atomic mass is 9.91. The van der Waals surface area contributed by atoms with Crippen molar-refractivity contribution in [3.8, 4) is 50.8 Å². The van der Waals surface area contributed by atoms with Gasteiger partial charge in [0.25, 0.3) is 5.88 Å². The molecule has 0 saturated carbocycles. The Bertz CT molecular complexity index is 4100. The van der Waals surface area contributed by atoms with Crippen LogP contribution in [-0.2, 0) is 51.2 Å². The molecule has 1 unspecified atom stereocenters. The minimum Gasteiger partial charge on any atom is -0.508 e. The number of nitrogens with one attached hydrogen (secondary N) is 2. The Labute approximate surface area is 566 Å². The number of hydrogen-bond acceptors (Lipinski definition) is 19. The van der Waals surface area contributed by atoms with Crippen LogP contribution in [0.25, 0.3) is 43.2 Å². The van der Waals surface area contributed by atoms with Crippen molar-refractivity contribution in [2.75, 3.05) is 123 Å². The first-order chi connectivity index (χ1) is 46.5. The number of thiazole rings is 1. The minimum absolute atomic E-state index is 0.0166. The normalized spacial score (nSPS) is 14.3. The summed E-state index contributed by atoms with van der Waals surface area (Å²) >= 11 is 8.47. The fourth-order valence-electron chi connectivity index (χ4n) is 11.8. The van der Waals surface area contributed by atoms with E-state index < -0.39 is 17.8 Å². The van der Waals surface area contributed by atoms with Gasteiger partial charge in [-0.25, -0.2) is 14.4 Å². The summed E-state index contributed by atoms with van der Waals surface area (Å²) in [4.78, 5) is 75.3. The number of benzene rings is 5. The number of fused-ring (bicyclic) bond motifs is 2. The van der Waals surface area contributed by atoms with Gasteiger partial charge < -0.3 is 68.3 Å². The monoisotopic (exact) mass is 1350 g/mol. The first kappa shape index (κ1) is 69.9. The number of aromatic hydroxyl groups is 1. The van der Waals surface area contributed by atoms with Crippen molar-refractivity contribution in [2.45, 2.75) is 72.0 Å². The molecule has 25 heteroatoms. The van der Waals surface area contributed by atoms with Crippen LogP contribution >= 0.6 is 22.9 Å². The van der Waals surface area contributed by atoms with Gasteiger partial charge >= 0.3 is 0 Å². The molecule has 2 aliphatic heterocycles. The smallest absolute Gasteiger partial charge is 0.254 e. The predicted octanol–water partition coefficient (Wildman–Crippen LogP) is 10.0. The van der Waals surface area contributed by atoms with Gasteiger partial charge in [0.2, 0.25) is 29.6 Å². The second-order valence-corrected chi connectivity index (χ2v) is 24.9. The third kappa shape index (κ3) is 17.7. The van der Waals surface area contributed by atoms with Crippen LogP contribution in [0.15, 0.2) is 101 Å². The number of anilines is 2. The number of hydrogen-bond donors (Lipinski definition) is 3. The molecule has 2 fully saturated rings. The molecule has 0 spiro atoms. The highest BCUT2D eigenvalue weighted by atomic mass is 35.5. The number of aromatic nitrogens is 4. The lowest BCUT2D eigenvalue weighted by Gasteiger charge is -2.35. The number of phenolic OH excluding ortho intramolecular Hbond substituents is 1. The molecule has 4 amide bonds. The molecule has 2 aliphatic rings. The van der Waals surface area contributed by atoms with Crippen LogP contribution in [0.5, 0.6) is 17.4 Å². The number of phenols is 1. The zero-order valence-electron chi connectivity index (χ0n) is 54.8. The fraction of sp³-hybridized carbons (Fsp3) is 0.408. The predicted molar refractivity (Wildman–Crippen MR) is 365 cm³/mol. The van der Waals surface area contributed by atoms with Gasteiger partial charge in [0.05, 0.1) is 74.5 Å². The van der Waals surface area contributed by atoms with Gasteiger partial charge in [-0.15, -0.1) is 11.3 Å². The SMILES string of the molecule is COc1cc(-c2scnc2C)ccc1CNC(=O)[C@@H]1CCCN1C(=O)C(c1cc(OCCOCCOCCOCCOCC#Cc2cccc(CN(C)C(=O)CCNc3nc(N4CCN(C(C)=O)CC4)c4cc(Cl)c(-c5cc(O)cc6ccccc56)c(F)c4n3)c2)no1)C(C)C. The zero-order chi connectivity index (χ0) is 67.7. The summed E-state index contributed by atoms with van der Waals surface area (Å²) in [5.41, 5.74) is 6.76. The van der Waals surface area contributed by atoms with E-state index in [4.69, 9.17) is 49.5 Å². The van der Waals surface area contributed by atoms with E-state index in [0.717, 1.165) is 32.8 Å².